The van der Waals surface area contributed by atoms with Crippen molar-refractivity contribution in [3.8, 4) is 0 Å². The number of halogens is 1. The summed E-state index contributed by atoms with van der Waals surface area (Å²) in [4.78, 5) is 23.7. The lowest BCUT2D eigenvalue weighted by molar-refractivity contribution is 0.935. The summed E-state index contributed by atoms with van der Waals surface area (Å²) in [5, 5.41) is 4.42. The molecular weight excluding hydrogens is 308 g/mol. The van der Waals surface area contributed by atoms with Gasteiger partial charge in [0, 0.05) is 18.0 Å². The largest absolute Gasteiger partial charge is 0.368 e. The number of benzene rings is 1. The van der Waals surface area contributed by atoms with Crippen LogP contribution in [0.2, 0.25) is 5.02 Å². The molecule has 21 heavy (non-hydrogen) atoms. The number of fused-ring (bicyclic) bond motifs is 1. The zero-order valence-electron chi connectivity index (χ0n) is 11.3. The van der Waals surface area contributed by atoms with Gasteiger partial charge in [-0.3, -0.25) is 9.78 Å². The molecule has 1 aliphatic heterocycles. The molecule has 1 aromatic carbocycles. The quantitative estimate of drug-likeness (QED) is 0.659. The SMILES string of the molecule is CSc1nc2c(c(=O)[nH]1)N=C(c1ccc(Cl)cc1)CCN2. The number of hydrogen-bond donors (Lipinski definition) is 2. The van der Waals surface area contributed by atoms with Gasteiger partial charge in [0.2, 0.25) is 0 Å². The summed E-state index contributed by atoms with van der Waals surface area (Å²) in [7, 11) is 0. The van der Waals surface area contributed by atoms with Crippen LogP contribution in [-0.4, -0.2) is 28.5 Å². The van der Waals surface area contributed by atoms with E-state index in [4.69, 9.17) is 11.6 Å². The van der Waals surface area contributed by atoms with Crippen LogP contribution < -0.4 is 10.9 Å². The molecule has 0 fully saturated rings. The Morgan fingerprint density at radius 3 is 2.76 bits per heavy atom. The highest BCUT2D eigenvalue weighted by atomic mass is 35.5. The number of rotatable bonds is 2. The van der Waals surface area contributed by atoms with Crippen LogP contribution in [0.1, 0.15) is 12.0 Å². The van der Waals surface area contributed by atoms with Crippen molar-refractivity contribution in [2.24, 2.45) is 4.99 Å². The fourth-order valence-electron chi connectivity index (χ4n) is 2.11. The third kappa shape index (κ3) is 2.96. The van der Waals surface area contributed by atoms with Gasteiger partial charge in [0.15, 0.2) is 16.7 Å². The number of H-pyrrole nitrogens is 1. The molecule has 2 heterocycles. The third-order valence-corrected chi connectivity index (χ3v) is 3.98. The maximum atomic E-state index is 12.2. The Balaban J connectivity index is 2.09. The van der Waals surface area contributed by atoms with Gasteiger partial charge in [-0.05, 0) is 24.0 Å². The van der Waals surface area contributed by atoms with Crippen molar-refractivity contribution in [3.05, 3.63) is 45.2 Å². The maximum absolute atomic E-state index is 12.2. The smallest absolute Gasteiger partial charge is 0.279 e. The summed E-state index contributed by atoms with van der Waals surface area (Å²) in [6.45, 7) is 0.679. The molecule has 3 rings (SSSR count). The zero-order chi connectivity index (χ0) is 14.8. The van der Waals surface area contributed by atoms with Crippen molar-refractivity contribution in [2.45, 2.75) is 11.6 Å². The highest BCUT2D eigenvalue weighted by Gasteiger charge is 2.16. The van der Waals surface area contributed by atoms with Gasteiger partial charge in [0.1, 0.15) is 0 Å². The Kier molecular flexibility index (Phi) is 3.98. The number of aliphatic imine (C=N–C) groups is 1. The van der Waals surface area contributed by atoms with E-state index in [0.29, 0.717) is 34.6 Å². The second-order valence-electron chi connectivity index (χ2n) is 4.51. The summed E-state index contributed by atoms with van der Waals surface area (Å²) in [5.74, 6) is 0.534. The van der Waals surface area contributed by atoms with Gasteiger partial charge in [-0.1, -0.05) is 35.5 Å². The molecule has 7 heteroatoms. The first-order valence-electron chi connectivity index (χ1n) is 6.43. The lowest BCUT2D eigenvalue weighted by atomic mass is 10.1. The van der Waals surface area contributed by atoms with Gasteiger partial charge in [-0.15, -0.1) is 0 Å². The molecule has 2 N–H and O–H groups in total. The van der Waals surface area contributed by atoms with Crippen molar-refractivity contribution in [3.63, 3.8) is 0 Å². The van der Waals surface area contributed by atoms with E-state index in [1.807, 2.05) is 30.5 Å². The first kappa shape index (κ1) is 14.2. The van der Waals surface area contributed by atoms with Gasteiger partial charge in [-0.25, -0.2) is 9.98 Å². The van der Waals surface area contributed by atoms with Crippen LogP contribution in [0, 0.1) is 0 Å². The summed E-state index contributed by atoms with van der Waals surface area (Å²) < 4.78 is 0. The summed E-state index contributed by atoms with van der Waals surface area (Å²) >= 11 is 7.29. The first-order chi connectivity index (χ1) is 10.2. The van der Waals surface area contributed by atoms with Crippen molar-refractivity contribution < 1.29 is 0 Å². The molecule has 1 aliphatic rings. The Morgan fingerprint density at radius 2 is 2.05 bits per heavy atom. The zero-order valence-corrected chi connectivity index (χ0v) is 12.9. The normalized spacial score (nSPS) is 13.9. The lowest BCUT2D eigenvalue weighted by Crippen LogP contribution is -2.12. The topological polar surface area (TPSA) is 70.1 Å². The van der Waals surface area contributed by atoms with Gasteiger partial charge < -0.3 is 5.32 Å². The highest BCUT2D eigenvalue weighted by Crippen LogP contribution is 2.24. The fraction of sp³-hybridized carbons (Fsp3) is 0.214. The predicted octanol–water partition coefficient (Wildman–Crippen LogP) is 3.08. The van der Waals surface area contributed by atoms with Crippen LogP contribution in [0.3, 0.4) is 0 Å². The second kappa shape index (κ2) is 5.91. The van der Waals surface area contributed by atoms with Gasteiger partial charge in [0.25, 0.3) is 5.56 Å². The van der Waals surface area contributed by atoms with E-state index in [9.17, 15) is 4.79 Å². The maximum Gasteiger partial charge on any atom is 0.279 e. The fourth-order valence-corrected chi connectivity index (χ4v) is 2.61. The van der Waals surface area contributed by atoms with Crippen LogP contribution in [0.15, 0.2) is 39.2 Å². The van der Waals surface area contributed by atoms with E-state index in [1.165, 1.54) is 11.8 Å². The van der Waals surface area contributed by atoms with E-state index in [1.54, 1.807) is 0 Å². The van der Waals surface area contributed by atoms with Crippen molar-refractivity contribution in [2.75, 3.05) is 18.1 Å². The van der Waals surface area contributed by atoms with E-state index < -0.39 is 0 Å². The number of anilines is 1. The molecular formula is C14H13ClN4OS. The monoisotopic (exact) mass is 320 g/mol. The van der Waals surface area contributed by atoms with Crippen LogP contribution >= 0.6 is 23.4 Å². The minimum Gasteiger partial charge on any atom is -0.368 e. The van der Waals surface area contributed by atoms with Gasteiger partial charge >= 0.3 is 0 Å². The molecule has 0 saturated heterocycles. The molecule has 0 amide bonds. The van der Waals surface area contributed by atoms with Crippen molar-refractivity contribution in [1.82, 2.24) is 9.97 Å². The Hall–Kier alpha value is -1.79. The number of hydrogen-bond acceptors (Lipinski definition) is 5. The standard InChI is InChI=1S/C14H13ClN4OS/c1-21-14-18-12-11(13(20)19-14)17-10(6-7-16-12)8-2-4-9(15)5-3-8/h2-5H,6-7H2,1H3,(H2,16,18,19,20). The molecule has 108 valence electrons. The summed E-state index contributed by atoms with van der Waals surface area (Å²) in [6.07, 6.45) is 2.58. The predicted molar refractivity (Wildman–Crippen MR) is 87.4 cm³/mol. The number of nitrogens with one attached hydrogen (secondary N) is 2. The molecule has 2 aromatic rings. The number of aromatic amines is 1. The second-order valence-corrected chi connectivity index (χ2v) is 5.75. The molecule has 0 aliphatic carbocycles. The highest BCUT2D eigenvalue weighted by molar-refractivity contribution is 7.98. The molecule has 0 unspecified atom stereocenters. The van der Waals surface area contributed by atoms with E-state index in [2.05, 4.69) is 20.3 Å². The average Bonchev–Trinajstić information content (AvgIpc) is 2.70. The van der Waals surface area contributed by atoms with Crippen LogP contribution in [0.5, 0.6) is 0 Å². The van der Waals surface area contributed by atoms with Crippen molar-refractivity contribution >= 4 is 40.6 Å². The van der Waals surface area contributed by atoms with Gasteiger partial charge in [0.05, 0.1) is 5.71 Å². The molecule has 0 spiro atoms. The molecule has 5 nitrogen and oxygen atoms in total. The summed E-state index contributed by atoms with van der Waals surface area (Å²) in [6, 6.07) is 7.45. The third-order valence-electron chi connectivity index (χ3n) is 3.14. The van der Waals surface area contributed by atoms with Gasteiger partial charge in [-0.2, -0.15) is 0 Å². The Labute approximate surface area is 130 Å². The van der Waals surface area contributed by atoms with E-state index >= 15 is 0 Å². The Morgan fingerprint density at radius 1 is 1.29 bits per heavy atom. The van der Waals surface area contributed by atoms with E-state index in [0.717, 1.165) is 11.3 Å². The number of nitrogens with zero attached hydrogens (tertiary/aromatic N) is 2. The van der Waals surface area contributed by atoms with Crippen LogP contribution in [0.25, 0.3) is 0 Å². The Bertz CT molecular complexity index is 755. The average molecular weight is 321 g/mol. The molecule has 0 atom stereocenters. The number of aromatic nitrogens is 2. The summed E-state index contributed by atoms with van der Waals surface area (Å²) in [5.41, 5.74) is 1.91. The van der Waals surface area contributed by atoms with Crippen LogP contribution in [0.4, 0.5) is 11.5 Å². The minimum absolute atomic E-state index is 0.231. The molecule has 0 radical (unpaired) electrons. The number of thioether (sulfide) groups is 1. The first-order valence-corrected chi connectivity index (χ1v) is 8.03. The lowest BCUT2D eigenvalue weighted by Gasteiger charge is -2.04. The minimum atomic E-state index is -0.231. The van der Waals surface area contributed by atoms with Crippen molar-refractivity contribution in [1.29, 1.82) is 0 Å². The van der Waals surface area contributed by atoms with E-state index in [-0.39, 0.29) is 5.56 Å². The molecule has 0 saturated carbocycles. The molecule has 0 bridgehead atoms. The van der Waals surface area contributed by atoms with Crippen LogP contribution in [-0.2, 0) is 0 Å². The molecule has 1 aromatic heterocycles.